The number of halogens is 3. The van der Waals surface area contributed by atoms with E-state index in [1.54, 1.807) is 6.07 Å². The van der Waals surface area contributed by atoms with E-state index < -0.39 is 11.7 Å². The zero-order valence-electron chi connectivity index (χ0n) is 8.80. The van der Waals surface area contributed by atoms with E-state index in [9.17, 15) is 13.2 Å². The van der Waals surface area contributed by atoms with Crippen LogP contribution in [0.1, 0.15) is 25.0 Å². The second-order valence-corrected chi connectivity index (χ2v) is 5.11. The molecule has 1 nitrogen and oxygen atoms in total. The van der Waals surface area contributed by atoms with Crippen LogP contribution in [0.15, 0.2) is 23.1 Å². The van der Waals surface area contributed by atoms with E-state index in [1.165, 1.54) is 17.8 Å². The maximum Gasteiger partial charge on any atom is 0.416 e. The third kappa shape index (κ3) is 3.17. The number of benzene rings is 1. The van der Waals surface area contributed by atoms with Gasteiger partial charge >= 0.3 is 6.18 Å². The average molecular weight is 245 g/mol. The molecule has 0 fully saturated rings. The van der Waals surface area contributed by atoms with Gasteiger partial charge in [0.25, 0.3) is 0 Å². The topological polar surface area (TPSA) is 23.8 Å². The van der Waals surface area contributed by atoms with Gasteiger partial charge in [-0.1, -0.05) is 13.8 Å². The number of nitriles is 1. The van der Waals surface area contributed by atoms with Gasteiger partial charge in [-0.25, -0.2) is 0 Å². The Morgan fingerprint density at radius 3 is 2.38 bits per heavy atom. The van der Waals surface area contributed by atoms with Crippen LogP contribution >= 0.6 is 11.8 Å². The Bertz CT molecular complexity index is 418. The van der Waals surface area contributed by atoms with Crippen molar-refractivity contribution in [3.05, 3.63) is 29.3 Å². The maximum atomic E-state index is 12.4. The Hall–Kier alpha value is -1.15. The lowest BCUT2D eigenvalue weighted by Crippen LogP contribution is -2.05. The number of nitrogens with zero attached hydrogens (tertiary/aromatic N) is 1. The molecule has 16 heavy (non-hydrogen) atoms. The second kappa shape index (κ2) is 4.79. The molecule has 86 valence electrons. The predicted molar refractivity (Wildman–Crippen MR) is 57.2 cm³/mol. The Kier molecular flexibility index (Phi) is 3.87. The summed E-state index contributed by atoms with van der Waals surface area (Å²) in [6.07, 6.45) is -4.40. The quantitative estimate of drug-likeness (QED) is 0.733. The summed E-state index contributed by atoms with van der Waals surface area (Å²) in [5.41, 5.74) is -0.703. The second-order valence-electron chi connectivity index (χ2n) is 3.49. The number of hydrogen-bond acceptors (Lipinski definition) is 2. The number of thioether (sulfide) groups is 1. The van der Waals surface area contributed by atoms with Gasteiger partial charge in [0.2, 0.25) is 0 Å². The molecule has 0 radical (unpaired) electrons. The molecule has 0 saturated heterocycles. The van der Waals surface area contributed by atoms with Crippen LogP contribution in [0.25, 0.3) is 0 Å². The zero-order valence-corrected chi connectivity index (χ0v) is 9.62. The van der Waals surface area contributed by atoms with Gasteiger partial charge in [0.15, 0.2) is 0 Å². The van der Waals surface area contributed by atoms with Gasteiger partial charge in [0.1, 0.15) is 6.07 Å². The summed E-state index contributed by atoms with van der Waals surface area (Å²) in [7, 11) is 0. The molecule has 0 heterocycles. The van der Waals surface area contributed by atoms with Crippen LogP contribution in [-0.4, -0.2) is 5.25 Å². The van der Waals surface area contributed by atoms with Crippen molar-refractivity contribution in [3.8, 4) is 6.07 Å². The minimum absolute atomic E-state index is 0.0773. The molecule has 0 aliphatic rings. The van der Waals surface area contributed by atoms with Crippen LogP contribution in [0.5, 0.6) is 0 Å². The van der Waals surface area contributed by atoms with E-state index in [0.717, 1.165) is 12.1 Å². The lowest BCUT2D eigenvalue weighted by molar-refractivity contribution is -0.137. The van der Waals surface area contributed by atoms with E-state index in [-0.39, 0.29) is 10.8 Å². The first kappa shape index (κ1) is 12.9. The Balaban J connectivity index is 3.13. The van der Waals surface area contributed by atoms with Gasteiger partial charge in [0.05, 0.1) is 11.1 Å². The van der Waals surface area contributed by atoms with Crippen LogP contribution in [0.4, 0.5) is 13.2 Å². The van der Waals surface area contributed by atoms with E-state index in [2.05, 4.69) is 0 Å². The molecule has 0 aliphatic heterocycles. The van der Waals surface area contributed by atoms with Crippen LogP contribution in [0, 0.1) is 11.3 Å². The molecule has 0 saturated carbocycles. The fraction of sp³-hybridized carbons (Fsp3) is 0.364. The fourth-order valence-corrected chi connectivity index (χ4v) is 2.04. The van der Waals surface area contributed by atoms with Crippen LogP contribution in [-0.2, 0) is 6.18 Å². The standard InChI is InChI=1S/C11H10F3NS/c1-7(2)16-10-4-3-9(11(12,13)14)5-8(10)6-15/h3-5,7H,1-2H3. The summed E-state index contributed by atoms with van der Waals surface area (Å²) in [6.45, 7) is 3.84. The Morgan fingerprint density at radius 1 is 1.31 bits per heavy atom. The molecule has 0 spiro atoms. The lowest BCUT2D eigenvalue weighted by atomic mass is 10.1. The van der Waals surface area contributed by atoms with Crippen molar-refractivity contribution in [2.24, 2.45) is 0 Å². The first-order valence-corrected chi connectivity index (χ1v) is 5.50. The SMILES string of the molecule is CC(C)Sc1ccc(C(F)(F)F)cc1C#N. The largest absolute Gasteiger partial charge is 0.416 e. The monoisotopic (exact) mass is 245 g/mol. The van der Waals surface area contributed by atoms with Crippen LogP contribution in [0.3, 0.4) is 0 Å². The van der Waals surface area contributed by atoms with Crippen LogP contribution < -0.4 is 0 Å². The highest BCUT2D eigenvalue weighted by atomic mass is 32.2. The first-order chi connectivity index (χ1) is 7.34. The lowest BCUT2D eigenvalue weighted by Gasteiger charge is -2.10. The summed E-state index contributed by atoms with van der Waals surface area (Å²) in [6, 6.07) is 5.04. The van der Waals surface area contributed by atoms with Gasteiger partial charge in [-0.05, 0) is 18.2 Å². The highest BCUT2D eigenvalue weighted by Crippen LogP contribution is 2.33. The molecule has 0 aliphatic carbocycles. The number of rotatable bonds is 2. The summed E-state index contributed by atoms with van der Waals surface area (Å²) in [5, 5.41) is 9.02. The van der Waals surface area contributed by atoms with E-state index in [1.807, 2.05) is 13.8 Å². The highest BCUT2D eigenvalue weighted by molar-refractivity contribution is 8.00. The normalized spacial score (nSPS) is 11.6. The zero-order chi connectivity index (χ0) is 12.3. The van der Waals surface area contributed by atoms with Gasteiger partial charge in [0, 0.05) is 10.1 Å². The third-order valence-corrected chi connectivity index (χ3v) is 2.87. The van der Waals surface area contributed by atoms with E-state index in [4.69, 9.17) is 5.26 Å². The number of hydrogen-bond donors (Lipinski definition) is 0. The summed E-state index contributed by atoms with van der Waals surface area (Å²) in [4.78, 5) is 0.588. The van der Waals surface area contributed by atoms with Crippen molar-refractivity contribution >= 4 is 11.8 Å². The van der Waals surface area contributed by atoms with Gasteiger partial charge < -0.3 is 0 Å². The average Bonchev–Trinajstić information content (AvgIpc) is 2.15. The first-order valence-electron chi connectivity index (χ1n) is 4.62. The Labute approximate surface area is 96.3 Å². The van der Waals surface area contributed by atoms with Gasteiger partial charge in [-0.15, -0.1) is 11.8 Å². The predicted octanol–water partition coefficient (Wildman–Crippen LogP) is 4.08. The van der Waals surface area contributed by atoms with Crippen molar-refractivity contribution in [3.63, 3.8) is 0 Å². The van der Waals surface area contributed by atoms with Gasteiger partial charge in [-0.3, -0.25) is 0 Å². The minimum Gasteiger partial charge on any atom is -0.192 e. The van der Waals surface area contributed by atoms with Crippen molar-refractivity contribution in [2.45, 2.75) is 30.2 Å². The molecular formula is C11H10F3NS. The molecule has 0 amide bonds. The van der Waals surface area contributed by atoms with Gasteiger partial charge in [-0.2, -0.15) is 18.4 Å². The molecule has 0 aromatic heterocycles. The summed E-state index contributed by atoms with van der Waals surface area (Å²) in [5.74, 6) is 0. The van der Waals surface area contributed by atoms with Crippen molar-refractivity contribution < 1.29 is 13.2 Å². The summed E-state index contributed by atoms with van der Waals surface area (Å²) < 4.78 is 37.1. The minimum atomic E-state index is -4.40. The Morgan fingerprint density at radius 2 is 1.94 bits per heavy atom. The van der Waals surface area contributed by atoms with E-state index >= 15 is 0 Å². The molecule has 5 heteroatoms. The molecule has 1 rings (SSSR count). The smallest absolute Gasteiger partial charge is 0.192 e. The summed E-state index contributed by atoms with van der Waals surface area (Å²) >= 11 is 1.38. The van der Waals surface area contributed by atoms with Crippen molar-refractivity contribution in [1.82, 2.24) is 0 Å². The van der Waals surface area contributed by atoms with Crippen LogP contribution in [0.2, 0.25) is 0 Å². The maximum absolute atomic E-state index is 12.4. The molecule has 0 N–H and O–H groups in total. The molecular weight excluding hydrogens is 235 g/mol. The molecule has 1 aromatic carbocycles. The van der Waals surface area contributed by atoms with Crippen molar-refractivity contribution in [1.29, 1.82) is 5.26 Å². The van der Waals surface area contributed by atoms with Crippen molar-refractivity contribution in [2.75, 3.05) is 0 Å². The molecule has 0 atom stereocenters. The molecule has 0 unspecified atom stereocenters. The van der Waals surface area contributed by atoms with E-state index in [0.29, 0.717) is 4.90 Å². The fourth-order valence-electron chi connectivity index (χ4n) is 1.15. The molecule has 0 bridgehead atoms. The third-order valence-electron chi connectivity index (χ3n) is 1.79. The number of alkyl halides is 3. The molecule has 1 aromatic rings. The highest BCUT2D eigenvalue weighted by Gasteiger charge is 2.31.